The third-order valence-corrected chi connectivity index (χ3v) is 4.93. The first-order valence-corrected chi connectivity index (χ1v) is 9.42. The van der Waals surface area contributed by atoms with Gasteiger partial charge in [0, 0.05) is 24.3 Å². The molecule has 140 valence electrons. The molecule has 3 heterocycles. The first-order chi connectivity index (χ1) is 13.3. The number of nitrogen functional groups attached to an aromatic ring is 1. The van der Waals surface area contributed by atoms with E-state index < -0.39 is 0 Å². The van der Waals surface area contributed by atoms with Crippen LogP contribution in [0.3, 0.4) is 0 Å². The molecule has 0 aliphatic carbocycles. The molecule has 0 unspecified atom stereocenters. The van der Waals surface area contributed by atoms with Crippen molar-refractivity contribution in [3.63, 3.8) is 0 Å². The highest BCUT2D eigenvalue weighted by molar-refractivity contribution is 5.91. The van der Waals surface area contributed by atoms with Crippen molar-refractivity contribution in [1.29, 1.82) is 0 Å². The Kier molecular flexibility index (Phi) is 5.46. The summed E-state index contributed by atoms with van der Waals surface area (Å²) in [6.45, 7) is 3.42. The minimum atomic E-state index is 0.362. The van der Waals surface area contributed by atoms with E-state index in [2.05, 4.69) is 38.8 Å². The number of hydrogen-bond acceptors (Lipinski definition) is 6. The van der Waals surface area contributed by atoms with Gasteiger partial charge in [-0.2, -0.15) is 0 Å². The van der Waals surface area contributed by atoms with Crippen molar-refractivity contribution >= 4 is 22.4 Å². The average molecular weight is 363 g/mol. The minimum absolute atomic E-state index is 0.362. The summed E-state index contributed by atoms with van der Waals surface area (Å²) in [4.78, 5) is 8.62. The Morgan fingerprint density at radius 3 is 2.74 bits per heavy atom. The SMILES string of the molecule is Nc1nccc2cc(CNc3ccc(COC4CCNCC4)cn3)ccc12. The fraction of sp³-hybridized carbons (Fsp3) is 0.333. The minimum Gasteiger partial charge on any atom is -0.383 e. The van der Waals surface area contributed by atoms with E-state index in [0.717, 1.165) is 48.1 Å². The Bertz CT molecular complexity index is 891. The monoisotopic (exact) mass is 363 g/mol. The Labute approximate surface area is 159 Å². The summed E-state index contributed by atoms with van der Waals surface area (Å²) in [5.41, 5.74) is 8.19. The largest absolute Gasteiger partial charge is 0.383 e. The maximum absolute atomic E-state index is 5.97. The van der Waals surface area contributed by atoms with Crippen LogP contribution in [0.2, 0.25) is 0 Å². The van der Waals surface area contributed by atoms with Crippen molar-refractivity contribution in [2.45, 2.75) is 32.1 Å². The Balaban J connectivity index is 1.32. The van der Waals surface area contributed by atoms with Crippen LogP contribution >= 0.6 is 0 Å². The molecule has 0 atom stereocenters. The summed E-state index contributed by atoms with van der Waals surface area (Å²) in [7, 11) is 0. The lowest BCUT2D eigenvalue weighted by atomic mass is 10.1. The van der Waals surface area contributed by atoms with Crippen LogP contribution in [-0.2, 0) is 17.9 Å². The number of piperidine rings is 1. The fourth-order valence-corrected chi connectivity index (χ4v) is 3.34. The lowest BCUT2D eigenvalue weighted by Gasteiger charge is -2.22. The number of pyridine rings is 2. The zero-order valence-corrected chi connectivity index (χ0v) is 15.3. The average Bonchev–Trinajstić information content (AvgIpc) is 2.72. The molecule has 1 aliphatic rings. The molecule has 4 rings (SSSR count). The highest BCUT2D eigenvalue weighted by atomic mass is 16.5. The summed E-state index contributed by atoms with van der Waals surface area (Å²) in [5.74, 6) is 1.42. The van der Waals surface area contributed by atoms with E-state index in [1.165, 1.54) is 5.56 Å². The Morgan fingerprint density at radius 1 is 1.07 bits per heavy atom. The van der Waals surface area contributed by atoms with Crippen LogP contribution in [0.5, 0.6) is 0 Å². The number of nitrogens with one attached hydrogen (secondary N) is 2. The number of aromatic nitrogens is 2. The molecule has 1 fully saturated rings. The van der Waals surface area contributed by atoms with Gasteiger partial charge in [0.2, 0.25) is 0 Å². The van der Waals surface area contributed by atoms with Gasteiger partial charge in [0.1, 0.15) is 11.6 Å². The third kappa shape index (κ3) is 4.53. The van der Waals surface area contributed by atoms with Crippen molar-refractivity contribution in [3.8, 4) is 0 Å². The van der Waals surface area contributed by atoms with E-state index in [1.54, 1.807) is 6.20 Å². The van der Waals surface area contributed by atoms with Crippen molar-refractivity contribution < 1.29 is 4.74 Å². The first kappa shape index (κ1) is 17.7. The van der Waals surface area contributed by atoms with Crippen molar-refractivity contribution in [2.24, 2.45) is 0 Å². The molecule has 1 aliphatic heterocycles. The Hall–Kier alpha value is -2.70. The highest BCUT2D eigenvalue weighted by Gasteiger charge is 2.13. The molecule has 0 amide bonds. The van der Waals surface area contributed by atoms with Crippen LogP contribution in [-0.4, -0.2) is 29.2 Å². The molecule has 6 nitrogen and oxygen atoms in total. The summed E-state index contributed by atoms with van der Waals surface area (Å²) in [5, 5.41) is 8.80. The van der Waals surface area contributed by atoms with Gasteiger partial charge in [0.15, 0.2) is 0 Å². The topological polar surface area (TPSA) is 85.1 Å². The molecule has 2 aromatic heterocycles. The smallest absolute Gasteiger partial charge is 0.131 e. The molecule has 0 radical (unpaired) electrons. The Morgan fingerprint density at radius 2 is 1.93 bits per heavy atom. The molecule has 0 saturated carbocycles. The van der Waals surface area contributed by atoms with E-state index in [-0.39, 0.29) is 0 Å². The van der Waals surface area contributed by atoms with E-state index in [4.69, 9.17) is 10.5 Å². The van der Waals surface area contributed by atoms with E-state index >= 15 is 0 Å². The van der Waals surface area contributed by atoms with Gasteiger partial charge in [0.25, 0.3) is 0 Å². The van der Waals surface area contributed by atoms with Gasteiger partial charge in [-0.3, -0.25) is 0 Å². The van der Waals surface area contributed by atoms with Gasteiger partial charge >= 0.3 is 0 Å². The van der Waals surface area contributed by atoms with Crippen molar-refractivity contribution in [3.05, 3.63) is 59.9 Å². The van der Waals surface area contributed by atoms with Crippen LogP contribution in [0.4, 0.5) is 11.6 Å². The van der Waals surface area contributed by atoms with Gasteiger partial charge < -0.3 is 21.1 Å². The summed E-state index contributed by atoms with van der Waals surface area (Å²) < 4.78 is 5.97. The zero-order chi connectivity index (χ0) is 18.5. The summed E-state index contributed by atoms with van der Waals surface area (Å²) in [6.07, 6.45) is 6.15. The molecule has 3 aromatic rings. The normalized spacial score (nSPS) is 15.1. The third-order valence-electron chi connectivity index (χ3n) is 4.93. The molecule has 0 bridgehead atoms. The number of rotatable bonds is 6. The highest BCUT2D eigenvalue weighted by Crippen LogP contribution is 2.20. The van der Waals surface area contributed by atoms with Gasteiger partial charge in [0.05, 0.1) is 12.7 Å². The molecule has 4 N–H and O–H groups in total. The standard InChI is InChI=1S/C21H25N5O/c22-21-19-3-1-15(11-17(19)5-10-24-21)12-25-20-4-2-16(13-26-20)14-27-18-6-8-23-9-7-18/h1-5,10-11,13,18,23H,6-9,12,14H2,(H2,22,24)(H,25,26). The lowest BCUT2D eigenvalue weighted by Crippen LogP contribution is -2.32. The second kappa shape index (κ2) is 8.33. The van der Waals surface area contributed by atoms with Crippen molar-refractivity contribution in [1.82, 2.24) is 15.3 Å². The van der Waals surface area contributed by atoms with Gasteiger partial charge in [-0.25, -0.2) is 9.97 Å². The van der Waals surface area contributed by atoms with E-state index in [9.17, 15) is 0 Å². The number of anilines is 2. The number of fused-ring (bicyclic) bond motifs is 1. The molecular weight excluding hydrogens is 338 g/mol. The van der Waals surface area contributed by atoms with E-state index in [1.807, 2.05) is 24.4 Å². The summed E-state index contributed by atoms with van der Waals surface area (Å²) >= 11 is 0. The first-order valence-electron chi connectivity index (χ1n) is 9.42. The molecule has 1 aromatic carbocycles. The number of nitrogens with two attached hydrogens (primary N) is 1. The second-order valence-corrected chi connectivity index (χ2v) is 6.92. The van der Waals surface area contributed by atoms with Gasteiger partial charge in [-0.1, -0.05) is 18.2 Å². The van der Waals surface area contributed by atoms with Crippen LogP contribution in [0.15, 0.2) is 48.8 Å². The predicted molar refractivity (Wildman–Crippen MR) is 108 cm³/mol. The number of ether oxygens (including phenoxy) is 1. The molecular formula is C21H25N5O. The quantitative estimate of drug-likeness (QED) is 0.624. The van der Waals surface area contributed by atoms with Crippen LogP contribution in [0.25, 0.3) is 10.8 Å². The zero-order valence-electron chi connectivity index (χ0n) is 15.3. The van der Waals surface area contributed by atoms with E-state index in [0.29, 0.717) is 25.1 Å². The molecule has 27 heavy (non-hydrogen) atoms. The lowest BCUT2D eigenvalue weighted by molar-refractivity contribution is 0.0211. The number of nitrogens with zero attached hydrogens (tertiary/aromatic N) is 2. The predicted octanol–water partition coefficient (Wildman–Crippen LogP) is 3.09. The maximum Gasteiger partial charge on any atom is 0.131 e. The number of hydrogen-bond donors (Lipinski definition) is 3. The molecule has 6 heteroatoms. The molecule has 1 saturated heterocycles. The maximum atomic E-state index is 5.97. The van der Waals surface area contributed by atoms with Crippen molar-refractivity contribution in [2.75, 3.05) is 24.1 Å². The van der Waals surface area contributed by atoms with Crippen LogP contribution < -0.4 is 16.4 Å². The second-order valence-electron chi connectivity index (χ2n) is 6.92. The fourth-order valence-electron chi connectivity index (χ4n) is 3.34. The van der Waals surface area contributed by atoms with Crippen LogP contribution in [0.1, 0.15) is 24.0 Å². The summed E-state index contributed by atoms with van der Waals surface area (Å²) in [6, 6.07) is 12.3. The molecule has 0 spiro atoms. The van der Waals surface area contributed by atoms with Gasteiger partial charge in [-0.05, 0) is 60.6 Å². The van der Waals surface area contributed by atoms with Crippen LogP contribution in [0, 0.1) is 0 Å². The van der Waals surface area contributed by atoms with Gasteiger partial charge in [-0.15, -0.1) is 0 Å². The number of benzene rings is 1.